The highest BCUT2D eigenvalue weighted by molar-refractivity contribution is 6.31. The number of benzene rings is 2. The third kappa shape index (κ3) is 3.23. The predicted molar refractivity (Wildman–Crippen MR) is 84.2 cm³/mol. The maximum atomic E-state index is 12.0. The van der Waals surface area contributed by atoms with Crippen LogP contribution in [-0.4, -0.2) is 19.4 Å². The summed E-state index contributed by atoms with van der Waals surface area (Å²) < 4.78 is 0. The van der Waals surface area contributed by atoms with Gasteiger partial charge in [-0.3, -0.25) is 14.5 Å². The van der Waals surface area contributed by atoms with Crippen molar-refractivity contribution in [3.63, 3.8) is 0 Å². The molecule has 4 nitrogen and oxygen atoms in total. The number of hydrogen-bond acceptors (Lipinski definition) is 2. The second-order valence-corrected chi connectivity index (χ2v) is 4.99. The van der Waals surface area contributed by atoms with Crippen LogP contribution in [0.1, 0.15) is 15.9 Å². The molecular weight excluding hydrogens is 288 g/mol. The van der Waals surface area contributed by atoms with Crippen LogP contribution in [0.15, 0.2) is 42.5 Å². The van der Waals surface area contributed by atoms with Crippen LogP contribution in [0.25, 0.3) is 0 Å². The predicted octanol–water partition coefficient (Wildman–Crippen LogP) is 3.30. The largest absolute Gasteiger partial charge is 0.355 e. The van der Waals surface area contributed by atoms with Crippen LogP contribution in [0.2, 0.25) is 5.02 Å². The van der Waals surface area contributed by atoms with Crippen molar-refractivity contribution in [2.24, 2.45) is 0 Å². The maximum Gasteiger partial charge on any atom is 0.253 e. The zero-order valence-electron chi connectivity index (χ0n) is 11.8. The van der Waals surface area contributed by atoms with Crippen LogP contribution >= 0.6 is 11.6 Å². The Morgan fingerprint density at radius 1 is 1.24 bits per heavy atom. The molecule has 0 fully saturated rings. The summed E-state index contributed by atoms with van der Waals surface area (Å²) in [7, 11) is 1.54. The van der Waals surface area contributed by atoms with E-state index < -0.39 is 0 Å². The fourth-order valence-electron chi connectivity index (χ4n) is 2.07. The van der Waals surface area contributed by atoms with Crippen LogP contribution < -0.4 is 10.2 Å². The van der Waals surface area contributed by atoms with Gasteiger partial charge in [0.05, 0.1) is 11.3 Å². The third-order valence-electron chi connectivity index (χ3n) is 3.08. The fourth-order valence-corrected chi connectivity index (χ4v) is 2.23. The lowest BCUT2D eigenvalue weighted by molar-refractivity contribution is -0.106. The van der Waals surface area contributed by atoms with Crippen molar-refractivity contribution in [3.05, 3.63) is 58.6 Å². The van der Waals surface area contributed by atoms with Gasteiger partial charge in [-0.1, -0.05) is 23.7 Å². The number of halogens is 1. The summed E-state index contributed by atoms with van der Waals surface area (Å²) in [6.07, 6.45) is 0.673. The van der Waals surface area contributed by atoms with Gasteiger partial charge in [-0.25, -0.2) is 0 Å². The SMILES string of the molecule is CNC(=O)c1ccc(Cl)cc1N(C=O)c1cccc(C)c1. The molecule has 2 aromatic rings. The molecule has 2 amide bonds. The van der Waals surface area contributed by atoms with Gasteiger partial charge in [0, 0.05) is 17.8 Å². The molecule has 1 N–H and O–H groups in total. The van der Waals surface area contributed by atoms with Gasteiger partial charge < -0.3 is 5.32 Å². The third-order valence-corrected chi connectivity index (χ3v) is 3.31. The Kier molecular flexibility index (Phi) is 4.60. The lowest BCUT2D eigenvalue weighted by atomic mass is 10.1. The fraction of sp³-hybridized carbons (Fsp3) is 0.125. The lowest BCUT2D eigenvalue weighted by Gasteiger charge is -2.21. The normalized spacial score (nSPS) is 10.0. The van der Waals surface area contributed by atoms with Gasteiger partial charge in [-0.05, 0) is 42.8 Å². The molecule has 0 aromatic heterocycles. The Bertz CT molecular complexity index is 686. The molecule has 0 radical (unpaired) electrons. The molecule has 0 aliphatic carbocycles. The van der Waals surface area contributed by atoms with Gasteiger partial charge in [-0.2, -0.15) is 0 Å². The quantitative estimate of drug-likeness (QED) is 0.881. The molecule has 0 aliphatic rings. The molecule has 0 atom stereocenters. The van der Waals surface area contributed by atoms with Gasteiger partial charge in [-0.15, -0.1) is 0 Å². The highest BCUT2D eigenvalue weighted by Gasteiger charge is 2.17. The molecule has 0 spiro atoms. The first-order chi connectivity index (χ1) is 10.1. The number of carbonyl (C=O) groups excluding carboxylic acids is 2. The van der Waals surface area contributed by atoms with Crippen molar-refractivity contribution in [1.29, 1.82) is 0 Å². The Morgan fingerprint density at radius 2 is 2.00 bits per heavy atom. The smallest absolute Gasteiger partial charge is 0.253 e. The van der Waals surface area contributed by atoms with Crippen LogP contribution in [-0.2, 0) is 4.79 Å². The van der Waals surface area contributed by atoms with Crippen molar-refractivity contribution in [1.82, 2.24) is 5.32 Å². The Balaban J connectivity index is 2.59. The molecule has 0 heterocycles. The second kappa shape index (κ2) is 6.41. The van der Waals surface area contributed by atoms with E-state index in [9.17, 15) is 9.59 Å². The summed E-state index contributed by atoms with van der Waals surface area (Å²) in [5.41, 5.74) is 2.53. The van der Waals surface area contributed by atoms with Gasteiger partial charge in [0.1, 0.15) is 0 Å². The first-order valence-corrected chi connectivity index (χ1v) is 6.77. The van der Waals surface area contributed by atoms with Crippen LogP contribution in [0.5, 0.6) is 0 Å². The molecule has 2 aromatic carbocycles. The number of nitrogens with zero attached hydrogens (tertiary/aromatic N) is 1. The van der Waals surface area contributed by atoms with E-state index in [0.29, 0.717) is 28.4 Å². The lowest BCUT2D eigenvalue weighted by Crippen LogP contribution is -2.23. The summed E-state index contributed by atoms with van der Waals surface area (Å²) in [4.78, 5) is 24.9. The first kappa shape index (κ1) is 15.1. The summed E-state index contributed by atoms with van der Waals surface area (Å²) in [5.74, 6) is -0.277. The minimum atomic E-state index is -0.277. The van der Waals surface area contributed by atoms with Gasteiger partial charge in [0.15, 0.2) is 0 Å². The molecule has 0 bridgehead atoms. The van der Waals surface area contributed by atoms with E-state index >= 15 is 0 Å². The van der Waals surface area contributed by atoms with Gasteiger partial charge in [0.25, 0.3) is 5.91 Å². The minimum Gasteiger partial charge on any atom is -0.355 e. The van der Waals surface area contributed by atoms with Gasteiger partial charge >= 0.3 is 0 Å². The number of rotatable bonds is 4. The van der Waals surface area contributed by atoms with Crippen molar-refractivity contribution in [2.45, 2.75) is 6.92 Å². The molecule has 0 saturated carbocycles. The maximum absolute atomic E-state index is 12.0. The number of anilines is 2. The van der Waals surface area contributed by atoms with E-state index in [2.05, 4.69) is 5.32 Å². The molecule has 5 heteroatoms. The van der Waals surface area contributed by atoms with Crippen LogP contribution in [0, 0.1) is 6.92 Å². The zero-order valence-corrected chi connectivity index (χ0v) is 12.5. The highest BCUT2D eigenvalue weighted by atomic mass is 35.5. The number of carbonyl (C=O) groups is 2. The molecule has 2 rings (SSSR count). The molecule has 0 saturated heterocycles. The van der Waals surface area contributed by atoms with Crippen LogP contribution in [0.3, 0.4) is 0 Å². The van der Waals surface area contributed by atoms with Crippen molar-refractivity contribution >= 4 is 35.3 Å². The van der Waals surface area contributed by atoms with E-state index in [-0.39, 0.29) is 5.91 Å². The van der Waals surface area contributed by atoms with Gasteiger partial charge in [0.2, 0.25) is 6.41 Å². The molecule has 108 valence electrons. The Hall–Kier alpha value is -2.33. The van der Waals surface area contributed by atoms with E-state index in [1.54, 1.807) is 31.3 Å². The summed E-state index contributed by atoms with van der Waals surface area (Å²) in [5, 5.41) is 3.01. The van der Waals surface area contributed by atoms with E-state index in [1.165, 1.54) is 4.90 Å². The summed E-state index contributed by atoms with van der Waals surface area (Å²) in [6.45, 7) is 1.93. The molecule has 21 heavy (non-hydrogen) atoms. The summed E-state index contributed by atoms with van der Waals surface area (Å²) in [6, 6.07) is 12.3. The number of amides is 2. The Morgan fingerprint density at radius 3 is 2.62 bits per heavy atom. The average Bonchev–Trinajstić information content (AvgIpc) is 2.47. The van der Waals surface area contributed by atoms with E-state index in [0.717, 1.165) is 5.56 Å². The second-order valence-electron chi connectivity index (χ2n) is 4.56. The average molecular weight is 303 g/mol. The van der Waals surface area contributed by atoms with Crippen LogP contribution in [0.4, 0.5) is 11.4 Å². The number of nitrogens with one attached hydrogen (secondary N) is 1. The van der Waals surface area contributed by atoms with Crippen molar-refractivity contribution in [3.8, 4) is 0 Å². The summed E-state index contributed by atoms with van der Waals surface area (Å²) >= 11 is 6.01. The minimum absolute atomic E-state index is 0.277. The zero-order chi connectivity index (χ0) is 15.4. The molecule has 0 aliphatic heterocycles. The number of hydrogen-bond donors (Lipinski definition) is 1. The molecular formula is C16H15ClN2O2. The standard InChI is InChI=1S/C16H15ClN2O2/c1-11-4-3-5-13(8-11)19(10-20)15-9-12(17)6-7-14(15)16(21)18-2/h3-10H,1-2H3,(H,18,21). The highest BCUT2D eigenvalue weighted by Crippen LogP contribution is 2.30. The molecule has 0 unspecified atom stereocenters. The van der Waals surface area contributed by atoms with Crippen molar-refractivity contribution in [2.75, 3.05) is 11.9 Å². The first-order valence-electron chi connectivity index (χ1n) is 6.39. The number of aryl methyl sites for hydroxylation is 1. The van der Waals surface area contributed by atoms with Crippen molar-refractivity contribution < 1.29 is 9.59 Å². The van der Waals surface area contributed by atoms with E-state index in [4.69, 9.17) is 11.6 Å². The topological polar surface area (TPSA) is 49.4 Å². The van der Waals surface area contributed by atoms with E-state index in [1.807, 2.05) is 25.1 Å². The monoisotopic (exact) mass is 302 g/mol. The Labute approximate surface area is 128 Å².